The van der Waals surface area contributed by atoms with Crippen LogP contribution >= 0.6 is 0 Å². The molecule has 0 N–H and O–H groups in total. The van der Waals surface area contributed by atoms with Crippen molar-refractivity contribution in [2.75, 3.05) is 6.61 Å². The largest absolute Gasteiger partial charge is 0.461 e. The van der Waals surface area contributed by atoms with Crippen molar-refractivity contribution in [3.05, 3.63) is 35.2 Å². The summed E-state index contributed by atoms with van der Waals surface area (Å²) in [6, 6.07) is 0. The molecule has 0 radical (unpaired) electrons. The predicted molar refractivity (Wildman–Crippen MR) is 79.8 cm³/mol. The van der Waals surface area contributed by atoms with Gasteiger partial charge in [0.1, 0.15) is 0 Å². The van der Waals surface area contributed by atoms with Gasteiger partial charge < -0.3 is 4.74 Å². The van der Waals surface area contributed by atoms with Gasteiger partial charge in [0.05, 0.1) is 6.61 Å². The van der Waals surface area contributed by atoms with Crippen LogP contribution in [-0.2, 0) is 9.53 Å². The first-order chi connectivity index (χ1) is 9.29. The molecule has 0 saturated heterocycles. The van der Waals surface area contributed by atoms with Crippen molar-refractivity contribution in [3.8, 4) is 0 Å². The first kappa shape index (κ1) is 16.7. The topological polar surface area (TPSA) is 26.3 Å². The van der Waals surface area contributed by atoms with Gasteiger partial charge in [-0.1, -0.05) is 37.6 Å². The quantitative estimate of drug-likeness (QED) is 0.322. The van der Waals surface area contributed by atoms with E-state index in [4.69, 9.17) is 0 Å². The van der Waals surface area contributed by atoms with Crippen LogP contribution in [-0.4, -0.2) is 12.6 Å². The van der Waals surface area contributed by atoms with E-state index in [0.29, 0.717) is 5.57 Å². The molecule has 1 rings (SSSR count). The second-order valence-corrected chi connectivity index (χ2v) is 6.03. The van der Waals surface area contributed by atoms with Gasteiger partial charge in [-0.25, -0.2) is 4.79 Å². The number of carbonyl (C=O) groups excluding carboxylic acids is 1. The molecule has 3 heteroatoms. The molecule has 0 heterocycles. The molecule has 0 aromatic carbocycles. The summed E-state index contributed by atoms with van der Waals surface area (Å²) in [5.74, 6) is -1.41. The van der Waals surface area contributed by atoms with Crippen molar-refractivity contribution in [1.29, 1.82) is 0 Å². The molecule has 0 saturated carbocycles. The van der Waals surface area contributed by atoms with Crippen LogP contribution in [0.15, 0.2) is 35.2 Å². The van der Waals surface area contributed by atoms with Crippen LogP contribution in [0.5, 0.6) is 0 Å². The van der Waals surface area contributed by atoms with E-state index in [1.165, 1.54) is 5.57 Å². The van der Waals surface area contributed by atoms with Crippen molar-refractivity contribution in [2.24, 2.45) is 11.3 Å². The lowest BCUT2D eigenvalue weighted by molar-refractivity contribution is -0.140. The first-order valence-electron chi connectivity index (χ1n) is 7.18. The lowest BCUT2D eigenvalue weighted by atomic mass is 9.68. The fraction of sp³-hybridized carbons (Fsp3) is 0.588. The Bertz CT molecular complexity index is 456. The molecule has 1 aliphatic carbocycles. The number of carbonyl (C=O) groups is 1. The summed E-state index contributed by atoms with van der Waals surface area (Å²) in [4.78, 5) is 11.3. The highest BCUT2D eigenvalue weighted by molar-refractivity contribution is 5.87. The van der Waals surface area contributed by atoms with E-state index < -0.39 is 11.8 Å². The molecule has 0 aromatic rings. The van der Waals surface area contributed by atoms with Crippen LogP contribution < -0.4 is 0 Å². The van der Waals surface area contributed by atoms with E-state index in [9.17, 15) is 9.18 Å². The minimum Gasteiger partial charge on any atom is -0.461 e. The van der Waals surface area contributed by atoms with Crippen LogP contribution in [0.3, 0.4) is 0 Å². The Balaban J connectivity index is 2.90. The van der Waals surface area contributed by atoms with Crippen molar-refractivity contribution in [2.45, 2.75) is 47.5 Å². The molecule has 2 nitrogen and oxygen atoms in total. The number of hydrogen-bond acceptors (Lipinski definition) is 2. The summed E-state index contributed by atoms with van der Waals surface area (Å²) in [7, 11) is 0. The third-order valence-corrected chi connectivity index (χ3v) is 3.93. The molecular weight excluding hydrogens is 255 g/mol. The Hall–Kier alpha value is -1.38. The molecule has 0 aromatic heterocycles. The third-order valence-electron chi connectivity index (χ3n) is 3.93. The first-order valence-corrected chi connectivity index (χ1v) is 7.18. The zero-order valence-corrected chi connectivity index (χ0v) is 13.1. The molecule has 0 amide bonds. The normalized spacial score (nSPS) is 23.3. The minimum absolute atomic E-state index is 0.163. The molecule has 20 heavy (non-hydrogen) atoms. The van der Waals surface area contributed by atoms with Crippen molar-refractivity contribution in [3.63, 3.8) is 0 Å². The van der Waals surface area contributed by atoms with E-state index in [2.05, 4.69) is 31.6 Å². The molecule has 112 valence electrons. The number of esters is 1. The summed E-state index contributed by atoms with van der Waals surface area (Å²) in [6.07, 6.45) is 8.14. The van der Waals surface area contributed by atoms with Crippen LogP contribution in [0, 0.1) is 11.3 Å². The van der Waals surface area contributed by atoms with E-state index in [0.717, 1.165) is 12.8 Å². The molecule has 1 aliphatic rings. The lowest BCUT2D eigenvalue weighted by Crippen LogP contribution is -2.26. The minimum atomic E-state index is -0.884. The molecule has 1 atom stereocenters. The Morgan fingerprint density at radius 2 is 2.20 bits per heavy atom. The van der Waals surface area contributed by atoms with E-state index in [-0.39, 0.29) is 17.9 Å². The SMILES string of the molecule is CCOC(=O)/C(F)=C(C)\C=C\C1C(C)=CCCC1(C)C. The average Bonchev–Trinajstić information content (AvgIpc) is 2.36. The number of ether oxygens (including phenoxy) is 1. The average molecular weight is 280 g/mol. The van der Waals surface area contributed by atoms with Crippen LogP contribution in [0.2, 0.25) is 0 Å². The van der Waals surface area contributed by atoms with E-state index in [1.807, 2.05) is 6.08 Å². The van der Waals surface area contributed by atoms with Crippen LogP contribution in [0.25, 0.3) is 0 Å². The monoisotopic (exact) mass is 280 g/mol. The molecule has 0 aliphatic heterocycles. The fourth-order valence-electron chi connectivity index (χ4n) is 2.65. The molecule has 0 bridgehead atoms. The highest BCUT2D eigenvalue weighted by Crippen LogP contribution is 2.41. The number of halogens is 1. The fourth-order valence-corrected chi connectivity index (χ4v) is 2.65. The smallest absolute Gasteiger partial charge is 0.367 e. The Morgan fingerprint density at radius 3 is 2.75 bits per heavy atom. The second kappa shape index (κ2) is 6.87. The summed E-state index contributed by atoms with van der Waals surface area (Å²) >= 11 is 0. The van der Waals surface area contributed by atoms with Crippen LogP contribution in [0.4, 0.5) is 4.39 Å². The van der Waals surface area contributed by atoms with Gasteiger partial charge in [0.15, 0.2) is 0 Å². The van der Waals surface area contributed by atoms with Crippen molar-refractivity contribution in [1.82, 2.24) is 0 Å². The van der Waals surface area contributed by atoms with Gasteiger partial charge in [-0.2, -0.15) is 4.39 Å². The standard InChI is InChI=1S/C17H25FO2/c1-6-20-16(19)15(18)13(3)9-10-14-12(2)8-7-11-17(14,4)5/h8-10,14H,6-7,11H2,1-5H3/b10-9+,15-13+. The summed E-state index contributed by atoms with van der Waals surface area (Å²) in [6.45, 7) is 9.99. The Labute approximate surface area is 121 Å². The molecule has 0 spiro atoms. The summed E-state index contributed by atoms with van der Waals surface area (Å²) in [5.41, 5.74) is 1.79. The Morgan fingerprint density at radius 1 is 1.55 bits per heavy atom. The molecular formula is C17H25FO2. The number of rotatable bonds is 4. The van der Waals surface area contributed by atoms with Crippen LogP contribution in [0.1, 0.15) is 47.5 Å². The maximum Gasteiger partial charge on any atom is 0.367 e. The lowest BCUT2D eigenvalue weighted by Gasteiger charge is -2.36. The number of allylic oxidation sites excluding steroid dienone is 5. The van der Waals surface area contributed by atoms with Gasteiger partial charge in [0, 0.05) is 5.92 Å². The van der Waals surface area contributed by atoms with Crippen molar-refractivity contribution < 1.29 is 13.9 Å². The second-order valence-electron chi connectivity index (χ2n) is 6.03. The molecule has 1 unspecified atom stereocenters. The van der Waals surface area contributed by atoms with E-state index >= 15 is 0 Å². The third kappa shape index (κ3) is 4.06. The highest BCUT2D eigenvalue weighted by atomic mass is 19.1. The summed E-state index contributed by atoms with van der Waals surface area (Å²) in [5, 5.41) is 0. The maximum absolute atomic E-state index is 13.8. The van der Waals surface area contributed by atoms with Gasteiger partial charge in [0.2, 0.25) is 5.83 Å². The maximum atomic E-state index is 13.8. The van der Waals surface area contributed by atoms with Crippen molar-refractivity contribution >= 4 is 5.97 Å². The summed E-state index contributed by atoms with van der Waals surface area (Å²) < 4.78 is 18.4. The molecule has 0 fully saturated rings. The zero-order chi connectivity index (χ0) is 15.3. The van der Waals surface area contributed by atoms with E-state index in [1.54, 1.807) is 19.9 Å². The predicted octanol–water partition coefficient (Wildman–Crippen LogP) is 4.73. The number of hydrogen-bond donors (Lipinski definition) is 0. The van der Waals surface area contributed by atoms with Gasteiger partial charge >= 0.3 is 5.97 Å². The zero-order valence-electron chi connectivity index (χ0n) is 13.1. The Kier molecular flexibility index (Phi) is 5.73. The highest BCUT2D eigenvalue weighted by Gasteiger charge is 2.30. The van der Waals surface area contributed by atoms with Gasteiger partial charge in [-0.3, -0.25) is 0 Å². The van der Waals surface area contributed by atoms with Gasteiger partial charge in [-0.15, -0.1) is 0 Å². The van der Waals surface area contributed by atoms with Gasteiger partial charge in [0.25, 0.3) is 0 Å². The van der Waals surface area contributed by atoms with Gasteiger partial charge in [-0.05, 0) is 44.6 Å².